The van der Waals surface area contributed by atoms with E-state index >= 15 is 0 Å². The third kappa shape index (κ3) is 2.18. The van der Waals surface area contributed by atoms with E-state index in [1.165, 1.54) is 6.07 Å². The average molecular weight is 396 g/mol. The molecule has 0 spiro atoms. The van der Waals surface area contributed by atoms with Crippen molar-refractivity contribution in [3.05, 3.63) is 24.8 Å². The standard InChI is InChI=1S/C7H4F2I2O/c8-7(9)6-4(11)1-3(10)2-5(6)12/h1-2,7,12H. The van der Waals surface area contributed by atoms with E-state index in [2.05, 4.69) is 0 Å². The Labute approximate surface area is 95.4 Å². The molecule has 0 bridgehead atoms. The van der Waals surface area contributed by atoms with Gasteiger partial charge in [0.15, 0.2) is 0 Å². The second-order valence-electron chi connectivity index (χ2n) is 2.12. The summed E-state index contributed by atoms with van der Waals surface area (Å²) in [6.45, 7) is 0. The van der Waals surface area contributed by atoms with E-state index in [0.29, 0.717) is 3.57 Å². The van der Waals surface area contributed by atoms with Gasteiger partial charge in [0.2, 0.25) is 0 Å². The summed E-state index contributed by atoms with van der Waals surface area (Å²) >= 11 is 3.74. The zero-order chi connectivity index (χ0) is 9.30. The zero-order valence-corrected chi connectivity index (χ0v) is 10.0. The van der Waals surface area contributed by atoms with Crippen LogP contribution in [-0.4, -0.2) is 5.11 Å². The summed E-state index contributed by atoms with van der Waals surface area (Å²) in [5, 5.41) is 9.15. The van der Waals surface area contributed by atoms with Crippen molar-refractivity contribution in [1.29, 1.82) is 0 Å². The fourth-order valence-corrected chi connectivity index (χ4v) is 2.84. The first-order valence-electron chi connectivity index (χ1n) is 2.98. The van der Waals surface area contributed by atoms with Gasteiger partial charge < -0.3 is 5.11 Å². The van der Waals surface area contributed by atoms with Gasteiger partial charge >= 0.3 is 0 Å². The molecule has 0 aliphatic rings. The van der Waals surface area contributed by atoms with Crippen molar-refractivity contribution in [3.63, 3.8) is 0 Å². The first-order valence-corrected chi connectivity index (χ1v) is 5.14. The van der Waals surface area contributed by atoms with Crippen molar-refractivity contribution in [2.45, 2.75) is 6.43 Å². The highest BCUT2D eigenvalue weighted by molar-refractivity contribution is 14.1. The summed E-state index contributed by atoms with van der Waals surface area (Å²) < 4.78 is 25.7. The van der Waals surface area contributed by atoms with Gasteiger partial charge in [-0.15, -0.1) is 0 Å². The van der Waals surface area contributed by atoms with Crippen LogP contribution in [-0.2, 0) is 0 Å². The SMILES string of the molecule is Oc1cc(I)cc(I)c1C(F)F. The van der Waals surface area contributed by atoms with E-state index < -0.39 is 6.43 Å². The van der Waals surface area contributed by atoms with Crippen molar-refractivity contribution in [1.82, 2.24) is 0 Å². The Morgan fingerprint density at radius 1 is 1.25 bits per heavy atom. The van der Waals surface area contributed by atoms with Crippen molar-refractivity contribution < 1.29 is 13.9 Å². The molecule has 0 heterocycles. The van der Waals surface area contributed by atoms with Crippen LogP contribution in [0.1, 0.15) is 12.0 Å². The molecule has 0 aromatic heterocycles. The van der Waals surface area contributed by atoms with Crippen LogP contribution in [0.3, 0.4) is 0 Å². The Hall–Kier alpha value is 0.340. The summed E-state index contributed by atoms with van der Waals surface area (Å²) in [6.07, 6.45) is -2.62. The second-order valence-corrected chi connectivity index (χ2v) is 4.53. The Balaban J connectivity index is 3.28. The predicted octanol–water partition coefficient (Wildman–Crippen LogP) is 3.54. The van der Waals surface area contributed by atoms with Gasteiger partial charge in [0, 0.05) is 7.14 Å². The third-order valence-electron chi connectivity index (χ3n) is 1.29. The first kappa shape index (κ1) is 10.4. The molecule has 0 aliphatic heterocycles. The van der Waals surface area contributed by atoms with Crippen LogP contribution >= 0.6 is 45.2 Å². The summed E-state index contributed by atoms with van der Waals surface area (Å²) in [5.74, 6) is -0.332. The lowest BCUT2D eigenvalue weighted by Crippen LogP contribution is -1.91. The molecule has 0 saturated carbocycles. The van der Waals surface area contributed by atoms with E-state index in [-0.39, 0.29) is 11.3 Å². The Kier molecular flexibility index (Phi) is 3.50. The third-order valence-corrected chi connectivity index (χ3v) is 2.81. The van der Waals surface area contributed by atoms with Crippen LogP contribution < -0.4 is 0 Å². The van der Waals surface area contributed by atoms with Gasteiger partial charge in [-0.3, -0.25) is 0 Å². The predicted molar refractivity (Wildman–Crippen MR) is 58.5 cm³/mol. The van der Waals surface area contributed by atoms with Crippen LogP contribution in [0.15, 0.2) is 12.1 Å². The fraction of sp³-hybridized carbons (Fsp3) is 0.143. The summed E-state index contributed by atoms with van der Waals surface area (Å²) in [5.41, 5.74) is -0.281. The van der Waals surface area contributed by atoms with Crippen LogP contribution in [0.2, 0.25) is 0 Å². The number of hydrogen-bond donors (Lipinski definition) is 1. The quantitative estimate of drug-likeness (QED) is 0.721. The van der Waals surface area contributed by atoms with Crippen molar-refractivity contribution >= 4 is 45.2 Å². The molecule has 0 aliphatic carbocycles. The number of halogens is 4. The molecule has 1 N–H and O–H groups in total. The maximum atomic E-state index is 12.3. The monoisotopic (exact) mass is 396 g/mol. The number of benzene rings is 1. The minimum atomic E-state index is -2.62. The molecular weight excluding hydrogens is 392 g/mol. The fourth-order valence-electron chi connectivity index (χ4n) is 0.787. The van der Waals surface area contributed by atoms with E-state index in [9.17, 15) is 8.78 Å². The van der Waals surface area contributed by atoms with E-state index in [1.54, 1.807) is 28.7 Å². The van der Waals surface area contributed by atoms with Crippen LogP contribution in [0.4, 0.5) is 8.78 Å². The highest BCUT2D eigenvalue weighted by atomic mass is 127. The molecule has 0 atom stereocenters. The highest BCUT2D eigenvalue weighted by Crippen LogP contribution is 2.33. The Morgan fingerprint density at radius 2 is 1.83 bits per heavy atom. The molecule has 1 aromatic rings. The van der Waals surface area contributed by atoms with Gasteiger partial charge in [0.1, 0.15) is 5.75 Å². The lowest BCUT2D eigenvalue weighted by atomic mass is 10.2. The van der Waals surface area contributed by atoms with Gasteiger partial charge in [-0.25, -0.2) is 8.78 Å². The van der Waals surface area contributed by atoms with Gasteiger partial charge in [0.05, 0.1) is 5.56 Å². The summed E-state index contributed by atoms with van der Waals surface area (Å²) in [6, 6.07) is 2.92. The number of alkyl halides is 2. The topological polar surface area (TPSA) is 20.2 Å². The number of aromatic hydroxyl groups is 1. The van der Waals surface area contributed by atoms with E-state index in [1.807, 2.05) is 22.6 Å². The lowest BCUT2D eigenvalue weighted by Gasteiger charge is -2.06. The molecule has 0 amide bonds. The number of phenols is 1. The largest absolute Gasteiger partial charge is 0.507 e. The summed E-state index contributed by atoms with van der Waals surface area (Å²) in [4.78, 5) is 0. The lowest BCUT2D eigenvalue weighted by molar-refractivity contribution is 0.146. The van der Waals surface area contributed by atoms with E-state index in [4.69, 9.17) is 5.11 Å². The minimum Gasteiger partial charge on any atom is -0.507 e. The smallest absolute Gasteiger partial charge is 0.268 e. The normalized spacial score (nSPS) is 10.8. The maximum Gasteiger partial charge on any atom is 0.268 e. The highest BCUT2D eigenvalue weighted by Gasteiger charge is 2.16. The number of phenolic OH excluding ortho intramolecular Hbond substituents is 1. The molecule has 66 valence electrons. The van der Waals surface area contributed by atoms with Gasteiger partial charge in [0.25, 0.3) is 6.43 Å². The molecule has 12 heavy (non-hydrogen) atoms. The van der Waals surface area contributed by atoms with Crippen molar-refractivity contribution in [3.8, 4) is 5.75 Å². The Morgan fingerprint density at radius 3 is 2.25 bits per heavy atom. The molecular formula is C7H4F2I2O. The van der Waals surface area contributed by atoms with Crippen molar-refractivity contribution in [2.75, 3.05) is 0 Å². The van der Waals surface area contributed by atoms with Crippen LogP contribution in [0.5, 0.6) is 5.75 Å². The number of rotatable bonds is 1. The van der Waals surface area contributed by atoms with Gasteiger partial charge in [-0.2, -0.15) is 0 Å². The molecule has 0 saturated heterocycles. The molecule has 0 fully saturated rings. The molecule has 1 aromatic carbocycles. The first-order chi connectivity index (χ1) is 5.52. The van der Waals surface area contributed by atoms with Crippen LogP contribution in [0, 0.1) is 7.14 Å². The average Bonchev–Trinajstić information content (AvgIpc) is 1.82. The second kappa shape index (κ2) is 4.03. The molecule has 1 rings (SSSR count). The maximum absolute atomic E-state index is 12.3. The summed E-state index contributed by atoms with van der Waals surface area (Å²) in [7, 11) is 0. The zero-order valence-electron chi connectivity index (χ0n) is 5.69. The minimum absolute atomic E-state index is 0.281. The van der Waals surface area contributed by atoms with Crippen LogP contribution in [0.25, 0.3) is 0 Å². The molecule has 1 nitrogen and oxygen atoms in total. The van der Waals surface area contributed by atoms with Crippen molar-refractivity contribution in [2.24, 2.45) is 0 Å². The number of hydrogen-bond acceptors (Lipinski definition) is 1. The molecule has 0 radical (unpaired) electrons. The Bertz CT molecular complexity index is 278. The van der Waals surface area contributed by atoms with Gasteiger partial charge in [-0.1, -0.05) is 0 Å². The molecule has 5 heteroatoms. The van der Waals surface area contributed by atoms with E-state index in [0.717, 1.165) is 3.57 Å². The molecule has 0 unspecified atom stereocenters. The van der Waals surface area contributed by atoms with Gasteiger partial charge in [-0.05, 0) is 57.3 Å².